The van der Waals surface area contributed by atoms with Crippen molar-refractivity contribution in [1.29, 1.82) is 0 Å². The SMILES string of the molecule is O=C1OC2(CCCCC2)C(OC(=O)c2ccc(Cl)cc2)=C1c1ccc(Cl)cc1Cl. The summed E-state index contributed by atoms with van der Waals surface area (Å²) in [6, 6.07) is 11.2. The van der Waals surface area contributed by atoms with Gasteiger partial charge in [-0.1, -0.05) is 47.3 Å². The molecule has 0 saturated heterocycles. The van der Waals surface area contributed by atoms with Crippen LogP contribution in [0.4, 0.5) is 0 Å². The Kier molecular flexibility index (Phi) is 5.60. The smallest absolute Gasteiger partial charge is 0.343 e. The van der Waals surface area contributed by atoms with Crippen molar-refractivity contribution < 1.29 is 19.1 Å². The number of hydrogen-bond acceptors (Lipinski definition) is 4. The Morgan fingerprint density at radius 3 is 2.24 bits per heavy atom. The molecule has 0 unspecified atom stereocenters. The van der Waals surface area contributed by atoms with E-state index in [0.717, 1.165) is 19.3 Å². The van der Waals surface area contributed by atoms with Crippen LogP contribution in [0.5, 0.6) is 0 Å². The van der Waals surface area contributed by atoms with Crippen molar-refractivity contribution >= 4 is 52.3 Å². The summed E-state index contributed by atoms with van der Waals surface area (Å²) in [5.74, 6) is -0.899. The second-order valence-corrected chi connectivity index (χ2v) is 8.45. The molecule has 2 aromatic rings. The third-order valence-electron chi connectivity index (χ3n) is 5.27. The maximum atomic E-state index is 12.9. The van der Waals surface area contributed by atoms with Crippen LogP contribution in [0.1, 0.15) is 48.0 Å². The first-order valence-electron chi connectivity index (χ1n) is 9.31. The molecule has 29 heavy (non-hydrogen) atoms. The fourth-order valence-electron chi connectivity index (χ4n) is 3.85. The molecule has 1 heterocycles. The fourth-order valence-corrected chi connectivity index (χ4v) is 4.48. The Hall–Kier alpha value is -2.01. The van der Waals surface area contributed by atoms with Gasteiger partial charge in [-0.25, -0.2) is 9.59 Å². The lowest BCUT2D eigenvalue weighted by Crippen LogP contribution is -2.36. The minimum absolute atomic E-state index is 0.177. The van der Waals surface area contributed by atoms with Gasteiger partial charge >= 0.3 is 11.9 Å². The van der Waals surface area contributed by atoms with Crippen molar-refractivity contribution in [1.82, 2.24) is 0 Å². The van der Waals surface area contributed by atoms with Gasteiger partial charge in [0, 0.05) is 15.6 Å². The monoisotopic (exact) mass is 450 g/mol. The quantitative estimate of drug-likeness (QED) is 0.502. The molecular weight excluding hydrogens is 435 g/mol. The highest BCUT2D eigenvalue weighted by atomic mass is 35.5. The Bertz CT molecular complexity index is 1010. The molecule has 1 saturated carbocycles. The molecule has 0 aromatic heterocycles. The standard InChI is InChI=1S/C22H17Cl3O4/c23-14-6-4-13(5-7-14)20(26)28-19-18(16-9-8-15(24)12-17(16)25)21(27)29-22(19)10-2-1-3-11-22/h4-9,12H,1-3,10-11H2. The zero-order valence-electron chi connectivity index (χ0n) is 15.3. The highest BCUT2D eigenvalue weighted by Crippen LogP contribution is 2.48. The molecule has 150 valence electrons. The van der Waals surface area contributed by atoms with Crippen molar-refractivity contribution in [2.45, 2.75) is 37.7 Å². The minimum Gasteiger partial charge on any atom is -0.447 e. The van der Waals surface area contributed by atoms with E-state index < -0.39 is 17.5 Å². The summed E-state index contributed by atoms with van der Waals surface area (Å²) >= 11 is 18.3. The first-order chi connectivity index (χ1) is 13.9. The number of carbonyl (C=O) groups is 2. The van der Waals surface area contributed by atoms with E-state index in [-0.39, 0.29) is 16.4 Å². The molecule has 0 atom stereocenters. The van der Waals surface area contributed by atoms with E-state index in [1.807, 2.05) is 0 Å². The summed E-state index contributed by atoms with van der Waals surface area (Å²) in [7, 11) is 0. The first-order valence-corrected chi connectivity index (χ1v) is 10.4. The average molecular weight is 452 g/mol. The lowest BCUT2D eigenvalue weighted by atomic mass is 9.82. The molecule has 1 aliphatic carbocycles. The average Bonchev–Trinajstić information content (AvgIpc) is 2.94. The van der Waals surface area contributed by atoms with Gasteiger partial charge in [0.2, 0.25) is 0 Å². The van der Waals surface area contributed by atoms with Gasteiger partial charge in [-0.15, -0.1) is 0 Å². The topological polar surface area (TPSA) is 52.6 Å². The van der Waals surface area contributed by atoms with Gasteiger partial charge in [0.25, 0.3) is 0 Å². The number of ether oxygens (including phenoxy) is 2. The summed E-state index contributed by atoms with van der Waals surface area (Å²) in [5, 5.41) is 1.24. The van der Waals surface area contributed by atoms with Crippen LogP contribution in [-0.4, -0.2) is 17.5 Å². The largest absolute Gasteiger partial charge is 0.447 e. The number of benzene rings is 2. The van der Waals surface area contributed by atoms with E-state index in [1.54, 1.807) is 42.5 Å². The molecule has 0 bridgehead atoms. The van der Waals surface area contributed by atoms with Crippen molar-refractivity contribution in [3.05, 3.63) is 74.4 Å². The predicted molar refractivity (Wildman–Crippen MR) is 112 cm³/mol. The van der Waals surface area contributed by atoms with Gasteiger partial charge in [0.05, 0.1) is 10.6 Å². The van der Waals surface area contributed by atoms with Gasteiger partial charge in [0.1, 0.15) is 5.57 Å². The zero-order chi connectivity index (χ0) is 20.6. The number of esters is 2. The molecule has 1 fully saturated rings. The Balaban J connectivity index is 1.81. The molecule has 0 amide bonds. The van der Waals surface area contributed by atoms with Gasteiger partial charge in [-0.05, 0) is 62.1 Å². The summed E-state index contributed by atoms with van der Waals surface area (Å²) in [4.78, 5) is 25.7. The molecule has 4 rings (SSSR count). The molecule has 0 radical (unpaired) electrons. The van der Waals surface area contributed by atoms with E-state index >= 15 is 0 Å². The second-order valence-electron chi connectivity index (χ2n) is 7.17. The summed E-state index contributed by atoms with van der Waals surface area (Å²) in [6.07, 6.45) is 3.97. The molecule has 1 spiro atoms. The third kappa shape index (κ3) is 3.89. The van der Waals surface area contributed by atoms with Crippen LogP contribution < -0.4 is 0 Å². The van der Waals surface area contributed by atoms with Crippen LogP contribution in [-0.2, 0) is 14.3 Å². The Labute approximate surface area is 183 Å². The van der Waals surface area contributed by atoms with Crippen LogP contribution in [0.3, 0.4) is 0 Å². The van der Waals surface area contributed by atoms with Gasteiger partial charge in [-0.2, -0.15) is 0 Å². The van der Waals surface area contributed by atoms with Crippen LogP contribution in [0, 0.1) is 0 Å². The molecule has 7 heteroatoms. The lowest BCUT2D eigenvalue weighted by Gasteiger charge is -2.33. The predicted octanol–water partition coefficient (Wildman–Crippen LogP) is 6.47. The molecule has 1 aliphatic heterocycles. The lowest BCUT2D eigenvalue weighted by molar-refractivity contribution is -0.149. The van der Waals surface area contributed by atoms with Crippen molar-refractivity contribution in [3.63, 3.8) is 0 Å². The molecule has 2 aliphatic rings. The van der Waals surface area contributed by atoms with Gasteiger partial charge in [-0.3, -0.25) is 0 Å². The maximum Gasteiger partial charge on any atom is 0.343 e. The normalized spacial score (nSPS) is 18.1. The molecule has 2 aromatic carbocycles. The van der Waals surface area contributed by atoms with E-state index in [1.165, 1.54) is 0 Å². The van der Waals surface area contributed by atoms with Crippen molar-refractivity contribution in [3.8, 4) is 0 Å². The van der Waals surface area contributed by atoms with Crippen molar-refractivity contribution in [2.75, 3.05) is 0 Å². The summed E-state index contributed by atoms with van der Waals surface area (Å²) in [6.45, 7) is 0. The minimum atomic E-state index is -0.949. The number of rotatable bonds is 3. The van der Waals surface area contributed by atoms with Crippen LogP contribution >= 0.6 is 34.8 Å². The fraction of sp³-hybridized carbons (Fsp3) is 0.273. The summed E-state index contributed by atoms with van der Waals surface area (Å²) in [5.41, 5.74) is -0.0116. The second kappa shape index (κ2) is 8.02. The van der Waals surface area contributed by atoms with E-state index in [0.29, 0.717) is 34.0 Å². The number of carbonyl (C=O) groups excluding carboxylic acids is 2. The van der Waals surface area contributed by atoms with Crippen LogP contribution in [0.25, 0.3) is 5.57 Å². The van der Waals surface area contributed by atoms with Crippen molar-refractivity contribution in [2.24, 2.45) is 0 Å². The Morgan fingerprint density at radius 2 is 1.59 bits per heavy atom. The number of hydrogen-bond donors (Lipinski definition) is 0. The highest BCUT2D eigenvalue weighted by molar-refractivity contribution is 6.37. The first kappa shape index (κ1) is 20.3. The van der Waals surface area contributed by atoms with E-state index in [4.69, 9.17) is 44.3 Å². The third-order valence-corrected chi connectivity index (χ3v) is 6.07. The Morgan fingerprint density at radius 1 is 0.931 bits per heavy atom. The molecule has 4 nitrogen and oxygen atoms in total. The van der Waals surface area contributed by atoms with E-state index in [2.05, 4.69) is 0 Å². The van der Waals surface area contributed by atoms with Crippen LogP contribution in [0.2, 0.25) is 15.1 Å². The maximum absolute atomic E-state index is 12.9. The van der Waals surface area contributed by atoms with E-state index in [9.17, 15) is 9.59 Å². The van der Waals surface area contributed by atoms with Crippen LogP contribution in [0.15, 0.2) is 48.2 Å². The zero-order valence-corrected chi connectivity index (χ0v) is 17.6. The molecular formula is C22H17Cl3O4. The van der Waals surface area contributed by atoms with Gasteiger partial charge < -0.3 is 9.47 Å². The summed E-state index contributed by atoms with van der Waals surface area (Å²) < 4.78 is 11.6. The number of halogens is 3. The molecule has 0 N–H and O–H groups in total. The van der Waals surface area contributed by atoms with Gasteiger partial charge in [0.15, 0.2) is 11.4 Å². The highest BCUT2D eigenvalue weighted by Gasteiger charge is 2.51.